The molecule has 2 aliphatic carbocycles. The van der Waals surface area contributed by atoms with Gasteiger partial charge < -0.3 is 14.8 Å². The second-order valence-electron chi connectivity index (χ2n) is 8.72. The van der Waals surface area contributed by atoms with Crippen LogP contribution in [0.4, 0.5) is 0 Å². The van der Waals surface area contributed by atoms with Gasteiger partial charge in [0.2, 0.25) is 0 Å². The number of likely N-dealkylation sites (tertiary alicyclic amines) is 1. The first-order valence-corrected chi connectivity index (χ1v) is 10.6. The maximum atomic E-state index is 5.00. The summed E-state index contributed by atoms with van der Waals surface area (Å²) in [6, 6.07) is 0.595. The highest BCUT2D eigenvalue weighted by Gasteiger charge is 2.40. The van der Waals surface area contributed by atoms with E-state index >= 15 is 0 Å². The van der Waals surface area contributed by atoms with Gasteiger partial charge in [-0.1, -0.05) is 32.1 Å². The van der Waals surface area contributed by atoms with Gasteiger partial charge in [0.25, 0.3) is 0 Å². The van der Waals surface area contributed by atoms with Crippen molar-refractivity contribution in [2.75, 3.05) is 13.1 Å². The fourth-order valence-electron chi connectivity index (χ4n) is 5.05. The predicted molar refractivity (Wildman–Crippen MR) is 104 cm³/mol. The molecule has 6 nitrogen and oxygen atoms in total. The van der Waals surface area contributed by atoms with Crippen molar-refractivity contribution in [3.63, 3.8) is 0 Å². The molecule has 1 N–H and O–H groups in total. The molecular formula is C20H34N6. The van der Waals surface area contributed by atoms with Crippen LogP contribution in [0.25, 0.3) is 0 Å². The third-order valence-electron chi connectivity index (χ3n) is 6.89. The van der Waals surface area contributed by atoms with E-state index in [9.17, 15) is 0 Å². The number of nitrogens with zero attached hydrogens (tertiary/aromatic N) is 5. The molecule has 1 spiro atoms. The Bertz CT molecular complexity index is 637. The van der Waals surface area contributed by atoms with Gasteiger partial charge in [-0.2, -0.15) is 0 Å². The molecule has 1 aromatic rings. The number of aliphatic imine (C=N–C) groups is 1. The van der Waals surface area contributed by atoms with Crippen molar-refractivity contribution in [3.05, 3.63) is 11.6 Å². The maximum Gasteiger partial charge on any atom is 0.194 e. The highest BCUT2D eigenvalue weighted by atomic mass is 15.3. The standard InChI is InChI=1S/C20H34N6/c1-16-23-24-18(25(16)2)14-21-19(22-17-8-4-5-9-17)26-13-12-20(15-26)10-6-3-7-11-20/h17H,3-15H2,1-2H3,(H,21,22). The molecule has 0 bridgehead atoms. The maximum absolute atomic E-state index is 5.00. The molecule has 1 saturated heterocycles. The second-order valence-corrected chi connectivity index (χ2v) is 8.72. The Kier molecular flexibility index (Phi) is 5.18. The zero-order valence-corrected chi connectivity index (χ0v) is 16.5. The van der Waals surface area contributed by atoms with E-state index in [-0.39, 0.29) is 0 Å². The summed E-state index contributed by atoms with van der Waals surface area (Å²) in [7, 11) is 2.02. The molecule has 4 rings (SSSR count). The van der Waals surface area contributed by atoms with Crippen LogP contribution in [0.15, 0.2) is 4.99 Å². The first-order valence-electron chi connectivity index (χ1n) is 10.6. The van der Waals surface area contributed by atoms with Crippen molar-refractivity contribution in [2.24, 2.45) is 17.5 Å². The fraction of sp³-hybridized carbons (Fsp3) is 0.850. The Morgan fingerprint density at radius 3 is 2.58 bits per heavy atom. The second kappa shape index (κ2) is 7.57. The predicted octanol–water partition coefficient (Wildman–Crippen LogP) is 3.17. The zero-order chi connectivity index (χ0) is 18.0. The van der Waals surface area contributed by atoms with Crippen molar-refractivity contribution >= 4 is 5.96 Å². The summed E-state index contributed by atoms with van der Waals surface area (Å²) in [5.41, 5.74) is 0.553. The molecule has 2 heterocycles. The highest BCUT2D eigenvalue weighted by molar-refractivity contribution is 5.80. The van der Waals surface area contributed by atoms with Crippen LogP contribution >= 0.6 is 0 Å². The summed E-state index contributed by atoms with van der Waals surface area (Å²) in [6.45, 7) is 4.93. The van der Waals surface area contributed by atoms with Crippen molar-refractivity contribution in [2.45, 2.75) is 83.7 Å². The van der Waals surface area contributed by atoms with Crippen molar-refractivity contribution in [1.29, 1.82) is 0 Å². The lowest BCUT2D eigenvalue weighted by Gasteiger charge is -2.34. The molecule has 1 aromatic heterocycles. The average Bonchev–Trinajstić information content (AvgIpc) is 3.37. The summed E-state index contributed by atoms with van der Waals surface area (Å²) >= 11 is 0. The van der Waals surface area contributed by atoms with Crippen molar-refractivity contribution in [1.82, 2.24) is 25.0 Å². The van der Waals surface area contributed by atoms with Crippen molar-refractivity contribution in [3.8, 4) is 0 Å². The van der Waals surface area contributed by atoms with Gasteiger partial charge in [0.15, 0.2) is 11.8 Å². The van der Waals surface area contributed by atoms with E-state index in [4.69, 9.17) is 4.99 Å². The first kappa shape index (κ1) is 17.8. The summed E-state index contributed by atoms with van der Waals surface area (Å²) in [4.78, 5) is 7.53. The molecule has 26 heavy (non-hydrogen) atoms. The lowest BCUT2D eigenvalue weighted by molar-refractivity contribution is 0.203. The van der Waals surface area contributed by atoms with Gasteiger partial charge >= 0.3 is 0 Å². The van der Waals surface area contributed by atoms with E-state index in [0.29, 0.717) is 18.0 Å². The van der Waals surface area contributed by atoms with E-state index in [2.05, 4.69) is 20.4 Å². The van der Waals surface area contributed by atoms with Gasteiger partial charge in [-0.05, 0) is 44.4 Å². The molecule has 0 aromatic carbocycles. The normalized spacial score (nSPS) is 23.9. The summed E-state index contributed by atoms with van der Waals surface area (Å²) in [5.74, 6) is 3.00. The number of aromatic nitrogens is 3. The molecule has 0 atom stereocenters. The Hall–Kier alpha value is -1.59. The molecule has 144 valence electrons. The van der Waals surface area contributed by atoms with Gasteiger partial charge in [0, 0.05) is 26.2 Å². The Morgan fingerprint density at radius 2 is 1.88 bits per heavy atom. The Morgan fingerprint density at radius 1 is 1.12 bits per heavy atom. The summed E-state index contributed by atoms with van der Waals surface area (Å²) in [6.07, 6.45) is 13.6. The van der Waals surface area contributed by atoms with Gasteiger partial charge in [-0.25, -0.2) is 4.99 Å². The third-order valence-corrected chi connectivity index (χ3v) is 6.89. The Balaban J connectivity index is 1.48. The van der Waals surface area contributed by atoms with Gasteiger partial charge in [0.05, 0.1) is 0 Å². The minimum atomic E-state index is 0.553. The molecule has 3 aliphatic rings. The van der Waals surface area contributed by atoms with Gasteiger partial charge in [-0.3, -0.25) is 0 Å². The number of rotatable bonds is 3. The molecule has 0 amide bonds. The molecule has 6 heteroatoms. The van der Waals surface area contributed by atoms with Crippen LogP contribution in [0.1, 0.15) is 75.9 Å². The molecule has 0 radical (unpaired) electrons. The third kappa shape index (κ3) is 3.74. The smallest absolute Gasteiger partial charge is 0.194 e. The molecule has 0 unspecified atom stereocenters. The quantitative estimate of drug-likeness (QED) is 0.666. The van der Waals surface area contributed by atoms with Gasteiger partial charge in [0.1, 0.15) is 12.4 Å². The van der Waals surface area contributed by atoms with E-state index in [0.717, 1.165) is 24.2 Å². The number of hydrogen-bond acceptors (Lipinski definition) is 3. The molecule has 2 saturated carbocycles. The SMILES string of the molecule is Cc1nnc(CN=C(NC2CCCC2)N2CCC3(CCCCC3)C2)n1C. The van der Waals surface area contributed by atoms with Crippen LogP contribution in [0, 0.1) is 12.3 Å². The first-order chi connectivity index (χ1) is 12.7. The fourth-order valence-corrected chi connectivity index (χ4v) is 5.05. The Labute approximate surface area is 157 Å². The number of nitrogens with one attached hydrogen (secondary N) is 1. The summed E-state index contributed by atoms with van der Waals surface area (Å²) < 4.78 is 2.04. The lowest BCUT2D eigenvalue weighted by atomic mass is 9.73. The van der Waals surface area contributed by atoms with E-state index in [1.54, 1.807) is 0 Å². The summed E-state index contributed by atoms with van der Waals surface area (Å²) in [5, 5.41) is 12.3. The highest BCUT2D eigenvalue weighted by Crippen LogP contribution is 2.43. The molecular weight excluding hydrogens is 324 g/mol. The minimum Gasteiger partial charge on any atom is -0.353 e. The topological polar surface area (TPSA) is 58.3 Å². The number of guanidine groups is 1. The zero-order valence-electron chi connectivity index (χ0n) is 16.5. The number of aryl methyl sites for hydroxylation is 1. The monoisotopic (exact) mass is 358 g/mol. The molecule has 1 aliphatic heterocycles. The largest absolute Gasteiger partial charge is 0.353 e. The van der Waals surface area contributed by atoms with Crippen molar-refractivity contribution < 1.29 is 0 Å². The van der Waals surface area contributed by atoms with Crippen LogP contribution in [0.3, 0.4) is 0 Å². The lowest BCUT2D eigenvalue weighted by Crippen LogP contribution is -2.45. The van der Waals surface area contributed by atoms with E-state index < -0.39 is 0 Å². The number of hydrogen-bond donors (Lipinski definition) is 1. The van der Waals surface area contributed by atoms with Crippen LogP contribution in [-0.2, 0) is 13.6 Å². The van der Waals surface area contributed by atoms with Gasteiger partial charge in [-0.15, -0.1) is 10.2 Å². The van der Waals surface area contributed by atoms with E-state index in [1.165, 1.54) is 70.8 Å². The van der Waals surface area contributed by atoms with Crippen LogP contribution in [-0.4, -0.2) is 44.8 Å². The van der Waals surface area contributed by atoms with Crippen LogP contribution < -0.4 is 5.32 Å². The van der Waals surface area contributed by atoms with Crippen LogP contribution in [0.2, 0.25) is 0 Å². The average molecular weight is 359 g/mol. The minimum absolute atomic E-state index is 0.553. The van der Waals surface area contributed by atoms with E-state index in [1.807, 2.05) is 18.5 Å². The molecule has 3 fully saturated rings. The van der Waals surface area contributed by atoms with Crippen LogP contribution in [0.5, 0.6) is 0 Å².